The summed E-state index contributed by atoms with van der Waals surface area (Å²) in [5, 5.41) is 11.8. The second-order valence-corrected chi connectivity index (χ2v) is 7.48. The number of rotatable bonds is 3. The first-order valence-corrected chi connectivity index (χ1v) is 9.78. The van der Waals surface area contributed by atoms with Gasteiger partial charge in [0, 0.05) is 41.1 Å². The van der Waals surface area contributed by atoms with Crippen LogP contribution in [0.3, 0.4) is 0 Å². The minimum atomic E-state index is -0.877. The molecule has 0 aliphatic carbocycles. The lowest BCUT2D eigenvalue weighted by Gasteiger charge is -2.35. The molecule has 1 aliphatic rings. The van der Waals surface area contributed by atoms with E-state index in [4.69, 9.17) is 0 Å². The standard InChI is InChI=1S/C24H22N2O2/c27-24(28)17-10-11-21-20-8-4-5-9-22(20)26(23(21)16-17)19-12-14-25(15-13-19)18-6-2-1-3-7-18/h1-11,16,19H,12-15H2,(H,27,28). The number of para-hydroxylation sites is 2. The molecule has 4 nitrogen and oxygen atoms in total. The molecule has 1 saturated heterocycles. The first kappa shape index (κ1) is 16.9. The Bertz CT molecular complexity index is 1160. The summed E-state index contributed by atoms with van der Waals surface area (Å²) in [6, 6.07) is 24.8. The SMILES string of the molecule is O=C(O)c1ccc2c3ccccc3n(C3CCN(c4ccccc4)CC3)c2c1. The zero-order valence-electron chi connectivity index (χ0n) is 15.6. The molecule has 0 unspecified atom stereocenters. The fraction of sp³-hybridized carbons (Fsp3) is 0.208. The summed E-state index contributed by atoms with van der Waals surface area (Å²) in [5.41, 5.74) is 3.84. The van der Waals surface area contributed by atoms with Gasteiger partial charge in [0.2, 0.25) is 0 Å². The van der Waals surface area contributed by atoms with E-state index in [1.165, 1.54) is 16.6 Å². The zero-order valence-corrected chi connectivity index (χ0v) is 15.6. The monoisotopic (exact) mass is 370 g/mol. The van der Waals surface area contributed by atoms with Gasteiger partial charge in [-0.3, -0.25) is 0 Å². The van der Waals surface area contributed by atoms with Crippen molar-refractivity contribution in [2.24, 2.45) is 0 Å². The largest absolute Gasteiger partial charge is 0.478 e. The first-order valence-electron chi connectivity index (χ1n) is 9.78. The number of anilines is 1. The van der Waals surface area contributed by atoms with E-state index in [1.54, 1.807) is 6.07 Å². The highest BCUT2D eigenvalue weighted by Crippen LogP contribution is 2.36. The summed E-state index contributed by atoms with van der Waals surface area (Å²) in [6.45, 7) is 2.00. The minimum Gasteiger partial charge on any atom is -0.478 e. The van der Waals surface area contributed by atoms with E-state index in [1.807, 2.05) is 18.2 Å². The molecule has 0 spiro atoms. The van der Waals surface area contributed by atoms with Crippen molar-refractivity contribution in [3.8, 4) is 0 Å². The fourth-order valence-electron chi connectivity index (χ4n) is 4.55. The maximum atomic E-state index is 11.5. The van der Waals surface area contributed by atoms with Crippen molar-refractivity contribution in [1.82, 2.24) is 4.57 Å². The van der Waals surface area contributed by atoms with Gasteiger partial charge in [-0.1, -0.05) is 42.5 Å². The number of carboxylic acids is 1. The highest BCUT2D eigenvalue weighted by molar-refractivity contribution is 6.09. The number of hydrogen-bond donors (Lipinski definition) is 1. The van der Waals surface area contributed by atoms with Gasteiger partial charge in [-0.05, 0) is 43.2 Å². The Labute approximate surface area is 163 Å². The summed E-state index contributed by atoms with van der Waals surface area (Å²) >= 11 is 0. The lowest BCUT2D eigenvalue weighted by atomic mass is 10.0. The maximum Gasteiger partial charge on any atom is 0.335 e. The summed E-state index contributed by atoms with van der Waals surface area (Å²) in [4.78, 5) is 14.0. The van der Waals surface area contributed by atoms with Gasteiger partial charge >= 0.3 is 5.97 Å². The Morgan fingerprint density at radius 1 is 0.821 bits per heavy atom. The molecule has 0 amide bonds. The Hall–Kier alpha value is -3.27. The number of hydrogen-bond acceptors (Lipinski definition) is 2. The molecule has 0 bridgehead atoms. The van der Waals surface area contributed by atoms with Crippen molar-refractivity contribution in [1.29, 1.82) is 0 Å². The Kier molecular flexibility index (Phi) is 4.05. The van der Waals surface area contributed by atoms with Crippen LogP contribution in [0.4, 0.5) is 5.69 Å². The van der Waals surface area contributed by atoms with E-state index in [0.29, 0.717) is 11.6 Å². The van der Waals surface area contributed by atoms with Crippen LogP contribution in [0.1, 0.15) is 29.2 Å². The highest BCUT2D eigenvalue weighted by atomic mass is 16.4. The lowest BCUT2D eigenvalue weighted by molar-refractivity contribution is 0.0697. The molecule has 3 aromatic carbocycles. The lowest BCUT2D eigenvalue weighted by Crippen LogP contribution is -2.34. The Morgan fingerprint density at radius 3 is 2.25 bits per heavy atom. The molecule has 0 atom stereocenters. The summed E-state index contributed by atoms with van der Waals surface area (Å²) in [7, 11) is 0. The number of piperidine rings is 1. The summed E-state index contributed by atoms with van der Waals surface area (Å²) in [5.74, 6) is -0.877. The predicted molar refractivity (Wildman–Crippen MR) is 113 cm³/mol. The first-order chi connectivity index (χ1) is 13.7. The van der Waals surface area contributed by atoms with Crippen LogP contribution in [-0.2, 0) is 0 Å². The molecule has 1 fully saturated rings. The third-order valence-electron chi connectivity index (χ3n) is 5.91. The van der Waals surface area contributed by atoms with Crippen molar-refractivity contribution in [2.75, 3.05) is 18.0 Å². The van der Waals surface area contributed by atoms with Crippen LogP contribution in [0.15, 0.2) is 72.8 Å². The molecule has 1 aromatic heterocycles. The molecule has 2 heterocycles. The molecule has 1 N–H and O–H groups in total. The fourth-order valence-corrected chi connectivity index (χ4v) is 4.55. The second kappa shape index (κ2) is 6.71. The molecule has 28 heavy (non-hydrogen) atoms. The molecule has 4 heteroatoms. The maximum absolute atomic E-state index is 11.5. The molecule has 140 valence electrons. The normalized spacial score (nSPS) is 15.4. The Morgan fingerprint density at radius 2 is 1.50 bits per heavy atom. The molecule has 4 aromatic rings. The number of nitrogens with zero attached hydrogens (tertiary/aromatic N) is 2. The van der Waals surface area contributed by atoms with Gasteiger partial charge in [-0.15, -0.1) is 0 Å². The number of aromatic carboxylic acids is 1. The van der Waals surface area contributed by atoms with Crippen molar-refractivity contribution < 1.29 is 9.90 Å². The number of fused-ring (bicyclic) bond motifs is 3. The van der Waals surface area contributed by atoms with Crippen LogP contribution in [0.25, 0.3) is 21.8 Å². The topological polar surface area (TPSA) is 45.5 Å². The number of aromatic nitrogens is 1. The zero-order chi connectivity index (χ0) is 19.1. The third-order valence-corrected chi connectivity index (χ3v) is 5.91. The van der Waals surface area contributed by atoms with E-state index in [0.717, 1.165) is 36.8 Å². The quantitative estimate of drug-likeness (QED) is 0.530. The van der Waals surface area contributed by atoms with E-state index < -0.39 is 5.97 Å². The van der Waals surface area contributed by atoms with E-state index >= 15 is 0 Å². The summed E-state index contributed by atoms with van der Waals surface area (Å²) < 4.78 is 2.37. The van der Waals surface area contributed by atoms with Crippen LogP contribution in [0.5, 0.6) is 0 Å². The van der Waals surface area contributed by atoms with Crippen molar-refractivity contribution in [2.45, 2.75) is 18.9 Å². The third kappa shape index (κ3) is 2.73. The van der Waals surface area contributed by atoms with E-state index in [2.05, 4.69) is 58.0 Å². The number of carboxylic acid groups (broad SMARTS) is 1. The van der Waals surface area contributed by atoms with E-state index in [9.17, 15) is 9.90 Å². The molecular weight excluding hydrogens is 348 g/mol. The minimum absolute atomic E-state index is 0.346. The van der Waals surface area contributed by atoms with Gasteiger partial charge in [0.25, 0.3) is 0 Å². The molecule has 5 rings (SSSR count). The summed E-state index contributed by atoms with van der Waals surface area (Å²) in [6.07, 6.45) is 2.08. The van der Waals surface area contributed by atoms with Crippen LogP contribution < -0.4 is 4.90 Å². The van der Waals surface area contributed by atoms with Gasteiger partial charge in [-0.2, -0.15) is 0 Å². The van der Waals surface area contributed by atoms with Gasteiger partial charge in [0.15, 0.2) is 0 Å². The average Bonchev–Trinajstić information content (AvgIpc) is 3.08. The van der Waals surface area contributed by atoms with Gasteiger partial charge in [0.05, 0.1) is 11.1 Å². The van der Waals surface area contributed by atoms with Crippen molar-refractivity contribution in [3.63, 3.8) is 0 Å². The average molecular weight is 370 g/mol. The number of benzene rings is 3. The van der Waals surface area contributed by atoms with Crippen LogP contribution >= 0.6 is 0 Å². The van der Waals surface area contributed by atoms with Crippen molar-refractivity contribution in [3.05, 3.63) is 78.4 Å². The molecule has 0 saturated carbocycles. The number of carbonyl (C=O) groups is 1. The van der Waals surface area contributed by atoms with Crippen LogP contribution in [0, 0.1) is 0 Å². The second-order valence-electron chi connectivity index (χ2n) is 7.48. The van der Waals surface area contributed by atoms with Crippen molar-refractivity contribution >= 4 is 33.5 Å². The van der Waals surface area contributed by atoms with Gasteiger partial charge in [-0.25, -0.2) is 4.79 Å². The highest BCUT2D eigenvalue weighted by Gasteiger charge is 2.24. The van der Waals surface area contributed by atoms with E-state index in [-0.39, 0.29) is 0 Å². The van der Waals surface area contributed by atoms with Crippen LogP contribution in [-0.4, -0.2) is 28.7 Å². The Balaban J connectivity index is 1.56. The van der Waals surface area contributed by atoms with Crippen LogP contribution in [0.2, 0.25) is 0 Å². The van der Waals surface area contributed by atoms with Gasteiger partial charge in [0.1, 0.15) is 0 Å². The van der Waals surface area contributed by atoms with Gasteiger partial charge < -0.3 is 14.6 Å². The molecular formula is C24H22N2O2. The predicted octanol–water partition coefficient (Wildman–Crippen LogP) is 5.33. The molecule has 1 aliphatic heterocycles. The smallest absolute Gasteiger partial charge is 0.335 e. The molecule has 0 radical (unpaired) electrons.